The fourth-order valence-electron chi connectivity index (χ4n) is 2.41. The van der Waals surface area contributed by atoms with Crippen molar-refractivity contribution in [3.8, 4) is 22.3 Å². The summed E-state index contributed by atoms with van der Waals surface area (Å²) < 4.78 is 0. The molecule has 3 rings (SSSR count). The lowest BCUT2D eigenvalue weighted by atomic mass is 9.93. The average Bonchev–Trinajstić information content (AvgIpc) is 2.48. The van der Waals surface area contributed by atoms with Gasteiger partial charge in [0, 0.05) is 16.9 Å². The molecule has 2 nitrogen and oxygen atoms in total. The SMILES string of the molecule is Nc1ccc(-c2ccccc2-c2ccccc2)c(N)c1. The highest BCUT2D eigenvalue weighted by atomic mass is 14.6. The van der Waals surface area contributed by atoms with E-state index in [4.69, 9.17) is 11.5 Å². The van der Waals surface area contributed by atoms with Crippen LogP contribution in [0.25, 0.3) is 22.3 Å². The van der Waals surface area contributed by atoms with Crippen molar-refractivity contribution in [1.82, 2.24) is 0 Å². The number of rotatable bonds is 2. The standard InChI is InChI=1S/C18H16N2/c19-14-10-11-17(18(20)12-14)16-9-5-4-8-15(16)13-6-2-1-3-7-13/h1-12H,19-20H2. The molecule has 0 saturated heterocycles. The maximum atomic E-state index is 6.12. The third kappa shape index (κ3) is 2.24. The van der Waals surface area contributed by atoms with Crippen molar-refractivity contribution in [3.05, 3.63) is 72.8 Å². The summed E-state index contributed by atoms with van der Waals surface area (Å²) in [4.78, 5) is 0. The van der Waals surface area contributed by atoms with Gasteiger partial charge in [-0.15, -0.1) is 0 Å². The number of hydrogen-bond donors (Lipinski definition) is 2. The van der Waals surface area contributed by atoms with Crippen LogP contribution >= 0.6 is 0 Å². The normalized spacial score (nSPS) is 10.4. The molecule has 0 aliphatic heterocycles. The van der Waals surface area contributed by atoms with Gasteiger partial charge in [-0.05, 0) is 28.8 Å². The van der Waals surface area contributed by atoms with Gasteiger partial charge in [-0.1, -0.05) is 60.7 Å². The molecule has 0 aromatic heterocycles. The minimum absolute atomic E-state index is 0.684. The number of nitrogens with two attached hydrogens (primary N) is 2. The molecule has 0 aliphatic rings. The van der Waals surface area contributed by atoms with Gasteiger partial charge in [0.2, 0.25) is 0 Å². The summed E-state index contributed by atoms with van der Waals surface area (Å²) in [6, 6.07) is 24.2. The maximum Gasteiger partial charge on any atom is 0.0414 e. The molecule has 3 aromatic rings. The zero-order valence-electron chi connectivity index (χ0n) is 11.1. The molecule has 0 aliphatic carbocycles. The minimum Gasteiger partial charge on any atom is -0.399 e. The summed E-state index contributed by atoms with van der Waals surface area (Å²) in [7, 11) is 0. The molecule has 3 aromatic carbocycles. The van der Waals surface area contributed by atoms with E-state index in [1.54, 1.807) is 6.07 Å². The van der Waals surface area contributed by atoms with Crippen molar-refractivity contribution >= 4 is 11.4 Å². The van der Waals surface area contributed by atoms with Crippen LogP contribution in [0.1, 0.15) is 0 Å². The van der Waals surface area contributed by atoms with E-state index in [0.29, 0.717) is 11.4 Å². The first-order valence-electron chi connectivity index (χ1n) is 6.55. The Balaban J connectivity index is 2.20. The Morgan fingerprint density at radius 1 is 0.550 bits per heavy atom. The molecule has 4 N–H and O–H groups in total. The summed E-state index contributed by atoms with van der Waals surface area (Å²) in [6.07, 6.45) is 0. The maximum absolute atomic E-state index is 6.12. The Bertz CT molecular complexity index is 733. The Labute approximate surface area is 118 Å². The molecule has 0 heterocycles. The number of hydrogen-bond acceptors (Lipinski definition) is 2. The van der Waals surface area contributed by atoms with Gasteiger partial charge in [-0.2, -0.15) is 0 Å². The van der Waals surface area contributed by atoms with Crippen LogP contribution in [0.5, 0.6) is 0 Å². The first kappa shape index (κ1) is 12.3. The first-order valence-corrected chi connectivity index (χ1v) is 6.55. The highest BCUT2D eigenvalue weighted by Gasteiger charge is 2.09. The zero-order chi connectivity index (χ0) is 13.9. The van der Waals surface area contributed by atoms with Crippen LogP contribution in [-0.4, -0.2) is 0 Å². The third-order valence-electron chi connectivity index (χ3n) is 3.38. The summed E-state index contributed by atoms with van der Waals surface area (Å²) in [5.74, 6) is 0. The second-order valence-electron chi connectivity index (χ2n) is 4.76. The van der Waals surface area contributed by atoms with Crippen molar-refractivity contribution in [1.29, 1.82) is 0 Å². The van der Waals surface area contributed by atoms with Crippen LogP contribution in [0.4, 0.5) is 11.4 Å². The highest BCUT2D eigenvalue weighted by Crippen LogP contribution is 2.35. The van der Waals surface area contributed by atoms with Gasteiger partial charge in [-0.3, -0.25) is 0 Å². The van der Waals surface area contributed by atoms with E-state index in [2.05, 4.69) is 24.3 Å². The molecule has 0 radical (unpaired) electrons. The summed E-state index contributed by atoms with van der Waals surface area (Å²) >= 11 is 0. The second-order valence-corrected chi connectivity index (χ2v) is 4.76. The van der Waals surface area contributed by atoms with Gasteiger partial charge >= 0.3 is 0 Å². The Kier molecular flexibility index (Phi) is 3.13. The summed E-state index contributed by atoms with van der Waals surface area (Å²) in [5, 5.41) is 0. The quantitative estimate of drug-likeness (QED) is 0.679. The van der Waals surface area contributed by atoms with E-state index in [-0.39, 0.29) is 0 Å². The molecule has 0 atom stereocenters. The van der Waals surface area contributed by atoms with Crippen molar-refractivity contribution in [2.45, 2.75) is 0 Å². The van der Waals surface area contributed by atoms with Crippen LogP contribution in [0.15, 0.2) is 72.8 Å². The number of anilines is 2. The van der Waals surface area contributed by atoms with E-state index in [9.17, 15) is 0 Å². The van der Waals surface area contributed by atoms with E-state index in [1.165, 1.54) is 11.1 Å². The van der Waals surface area contributed by atoms with Crippen LogP contribution in [0.2, 0.25) is 0 Å². The fraction of sp³-hybridized carbons (Fsp3) is 0. The van der Waals surface area contributed by atoms with Gasteiger partial charge in [-0.25, -0.2) is 0 Å². The number of benzene rings is 3. The predicted octanol–water partition coefficient (Wildman–Crippen LogP) is 4.19. The molecular weight excluding hydrogens is 244 g/mol. The Morgan fingerprint density at radius 3 is 1.90 bits per heavy atom. The van der Waals surface area contributed by atoms with Gasteiger partial charge in [0.05, 0.1) is 0 Å². The second kappa shape index (κ2) is 5.10. The molecule has 0 bridgehead atoms. The van der Waals surface area contributed by atoms with Crippen molar-refractivity contribution in [2.24, 2.45) is 0 Å². The lowest BCUT2D eigenvalue weighted by Gasteiger charge is -2.12. The van der Waals surface area contributed by atoms with Gasteiger partial charge < -0.3 is 11.5 Å². The van der Waals surface area contributed by atoms with Crippen molar-refractivity contribution < 1.29 is 0 Å². The predicted molar refractivity (Wildman–Crippen MR) is 86.1 cm³/mol. The monoisotopic (exact) mass is 260 g/mol. The molecule has 0 amide bonds. The van der Waals surface area contributed by atoms with Crippen molar-refractivity contribution in [3.63, 3.8) is 0 Å². The van der Waals surface area contributed by atoms with Gasteiger partial charge in [0.25, 0.3) is 0 Å². The van der Waals surface area contributed by atoms with E-state index < -0.39 is 0 Å². The van der Waals surface area contributed by atoms with Crippen LogP contribution < -0.4 is 11.5 Å². The highest BCUT2D eigenvalue weighted by molar-refractivity contribution is 5.89. The molecular formula is C18H16N2. The molecule has 2 heteroatoms. The zero-order valence-corrected chi connectivity index (χ0v) is 11.1. The molecule has 0 fully saturated rings. The topological polar surface area (TPSA) is 52.0 Å². The smallest absolute Gasteiger partial charge is 0.0414 e. The van der Waals surface area contributed by atoms with Crippen LogP contribution in [-0.2, 0) is 0 Å². The summed E-state index contributed by atoms with van der Waals surface area (Å²) in [6.45, 7) is 0. The Morgan fingerprint density at radius 2 is 1.20 bits per heavy atom. The third-order valence-corrected chi connectivity index (χ3v) is 3.38. The first-order chi connectivity index (χ1) is 9.75. The summed E-state index contributed by atoms with van der Waals surface area (Å²) in [5.41, 5.74) is 17.8. The molecule has 20 heavy (non-hydrogen) atoms. The molecule has 0 saturated carbocycles. The van der Waals surface area contributed by atoms with Crippen LogP contribution in [0, 0.1) is 0 Å². The molecule has 0 unspecified atom stereocenters. The fourth-order valence-corrected chi connectivity index (χ4v) is 2.41. The van der Waals surface area contributed by atoms with Crippen molar-refractivity contribution in [2.75, 3.05) is 11.5 Å². The molecule has 98 valence electrons. The van der Waals surface area contributed by atoms with E-state index >= 15 is 0 Å². The minimum atomic E-state index is 0.684. The Hall–Kier alpha value is -2.74. The largest absolute Gasteiger partial charge is 0.399 e. The van der Waals surface area contributed by atoms with Crippen LogP contribution in [0.3, 0.4) is 0 Å². The molecule has 0 spiro atoms. The lowest BCUT2D eigenvalue weighted by Crippen LogP contribution is -1.94. The van der Waals surface area contributed by atoms with Gasteiger partial charge in [0.15, 0.2) is 0 Å². The van der Waals surface area contributed by atoms with Gasteiger partial charge in [0.1, 0.15) is 0 Å². The van der Waals surface area contributed by atoms with E-state index in [0.717, 1.165) is 11.1 Å². The van der Waals surface area contributed by atoms with E-state index in [1.807, 2.05) is 42.5 Å². The lowest BCUT2D eigenvalue weighted by molar-refractivity contribution is 1.57. The number of nitrogen functional groups attached to an aromatic ring is 2. The average molecular weight is 260 g/mol.